The second-order valence-corrected chi connectivity index (χ2v) is 7.87. The van der Waals surface area contributed by atoms with Crippen LogP contribution >= 0.6 is 0 Å². The van der Waals surface area contributed by atoms with Crippen molar-refractivity contribution in [3.63, 3.8) is 0 Å². The fourth-order valence-electron chi connectivity index (χ4n) is 3.74. The van der Waals surface area contributed by atoms with E-state index in [4.69, 9.17) is 9.47 Å². The Morgan fingerprint density at radius 2 is 1.50 bits per heavy atom. The molecule has 2 atom stereocenters. The summed E-state index contributed by atoms with van der Waals surface area (Å²) in [6.45, 7) is 2.25. The number of carbonyl (C=O) groups excluding carboxylic acids is 2. The number of ether oxygens (including phenoxy) is 2. The van der Waals surface area contributed by atoms with Crippen molar-refractivity contribution < 1.29 is 19.1 Å². The highest BCUT2D eigenvalue weighted by atomic mass is 16.6. The minimum Gasteiger partial charge on any atom is -0.458 e. The number of unbranched alkanes of at least 4 members (excludes halogenated alkanes) is 10. The smallest absolute Gasteiger partial charge is 0.338 e. The highest BCUT2D eigenvalue weighted by Gasteiger charge is 2.37. The van der Waals surface area contributed by atoms with Crippen LogP contribution < -0.4 is 0 Å². The molecule has 1 aliphatic rings. The fourth-order valence-corrected chi connectivity index (χ4v) is 3.74. The van der Waals surface area contributed by atoms with E-state index in [2.05, 4.69) is 6.92 Å². The molecule has 28 heavy (non-hydrogen) atoms. The summed E-state index contributed by atoms with van der Waals surface area (Å²) in [6.07, 6.45) is 14.3. The maximum atomic E-state index is 12.2. The molecule has 0 spiro atoms. The Morgan fingerprint density at radius 1 is 0.929 bits per heavy atom. The Morgan fingerprint density at radius 3 is 2.11 bits per heavy atom. The van der Waals surface area contributed by atoms with Crippen molar-refractivity contribution in [2.45, 2.75) is 103 Å². The summed E-state index contributed by atoms with van der Waals surface area (Å²) in [5.41, 5.74) is 0.510. The molecule has 4 heteroatoms. The van der Waals surface area contributed by atoms with Gasteiger partial charge in [0.2, 0.25) is 0 Å². The third kappa shape index (κ3) is 8.45. The molecule has 0 aliphatic carbocycles. The first-order valence-electron chi connectivity index (χ1n) is 11.2. The quantitative estimate of drug-likeness (QED) is 0.280. The molecule has 0 bridgehead atoms. The van der Waals surface area contributed by atoms with Crippen LogP contribution in [-0.2, 0) is 14.3 Å². The van der Waals surface area contributed by atoms with E-state index < -0.39 is 6.10 Å². The Balaban J connectivity index is 1.57. The lowest BCUT2D eigenvalue weighted by Gasteiger charge is -2.18. The highest BCUT2D eigenvalue weighted by Crippen LogP contribution is 2.24. The normalized spacial score (nSPS) is 18.8. The average Bonchev–Trinajstić information content (AvgIpc) is 3.05. The van der Waals surface area contributed by atoms with Crippen LogP contribution in [0.3, 0.4) is 0 Å². The predicted octanol–water partition coefficient (Wildman–Crippen LogP) is 6.23. The highest BCUT2D eigenvalue weighted by molar-refractivity contribution is 5.89. The van der Waals surface area contributed by atoms with Gasteiger partial charge in [0.25, 0.3) is 0 Å². The van der Waals surface area contributed by atoms with Crippen molar-refractivity contribution >= 4 is 11.9 Å². The van der Waals surface area contributed by atoms with E-state index in [9.17, 15) is 9.59 Å². The molecule has 1 aliphatic heterocycles. The number of benzene rings is 1. The molecule has 1 heterocycles. The second-order valence-electron chi connectivity index (χ2n) is 7.87. The summed E-state index contributed by atoms with van der Waals surface area (Å²) < 4.78 is 10.9. The van der Waals surface area contributed by atoms with Crippen LogP contribution in [0.4, 0.5) is 0 Å². The van der Waals surface area contributed by atoms with Crippen molar-refractivity contribution in [1.82, 2.24) is 0 Å². The molecular weight excluding hydrogens is 352 g/mol. The zero-order chi connectivity index (χ0) is 20.0. The number of hydrogen-bond acceptors (Lipinski definition) is 4. The van der Waals surface area contributed by atoms with Gasteiger partial charge in [-0.3, -0.25) is 4.79 Å². The Bertz CT molecular complexity index is 569. The van der Waals surface area contributed by atoms with E-state index in [1.165, 1.54) is 57.8 Å². The third-order valence-corrected chi connectivity index (χ3v) is 5.43. The van der Waals surface area contributed by atoms with E-state index in [0.29, 0.717) is 5.56 Å². The van der Waals surface area contributed by atoms with Crippen molar-refractivity contribution in [2.75, 3.05) is 0 Å². The monoisotopic (exact) mass is 388 g/mol. The fraction of sp³-hybridized carbons (Fsp3) is 0.667. The van der Waals surface area contributed by atoms with Crippen LogP contribution in [0.5, 0.6) is 0 Å². The van der Waals surface area contributed by atoms with Crippen molar-refractivity contribution in [3.8, 4) is 0 Å². The summed E-state index contributed by atoms with van der Waals surface area (Å²) in [6, 6.07) is 8.90. The molecule has 1 saturated heterocycles. The summed E-state index contributed by atoms with van der Waals surface area (Å²) in [7, 11) is 0. The Labute approximate surface area is 170 Å². The molecule has 0 radical (unpaired) electrons. The molecule has 0 aromatic heterocycles. The largest absolute Gasteiger partial charge is 0.458 e. The molecule has 2 rings (SSSR count). The van der Waals surface area contributed by atoms with Gasteiger partial charge in [0.1, 0.15) is 12.2 Å². The van der Waals surface area contributed by atoms with Gasteiger partial charge in [0.15, 0.2) is 0 Å². The number of hydrogen-bond donors (Lipinski definition) is 0. The van der Waals surface area contributed by atoms with E-state index in [0.717, 1.165) is 19.3 Å². The molecule has 1 aromatic carbocycles. The first kappa shape index (κ1) is 22.4. The summed E-state index contributed by atoms with van der Waals surface area (Å²) in [5, 5.41) is 0. The molecule has 1 fully saturated rings. The number of carbonyl (C=O) groups is 2. The lowest BCUT2D eigenvalue weighted by molar-refractivity contribution is -0.142. The summed E-state index contributed by atoms with van der Waals surface area (Å²) >= 11 is 0. The molecule has 0 unspecified atom stereocenters. The van der Waals surface area contributed by atoms with Gasteiger partial charge in [-0.15, -0.1) is 0 Å². The first-order valence-corrected chi connectivity index (χ1v) is 11.2. The van der Waals surface area contributed by atoms with E-state index in [-0.39, 0.29) is 24.5 Å². The maximum Gasteiger partial charge on any atom is 0.338 e. The van der Waals surface area contributed by atoms with E-state index >= 15 is 0 Å². The number of esters is 2. The molecule has 1 aromatic rings. The van der Waals surface area contributed by atoms with Crippen LogP contribution in [0.15, 0.2) is 30.3 Å². The zero-order valence-corrected chi connectivity index (χ0v) is 17.4. The van der Waals surface area contributed by atoms with Crippen molar-refractivity contribution in [1.29, 1.82) is 0 Å². The predicted molar refractivity (Wildman–Crippen MR) is 111 cm³/mol. The number of rotatable bonds is 14. The van der Waals surface area contributed by atoms with Gasteiger partial charge < -0.3 is 9.47 Å². The second kappa shape index (κ2) is 13.4. The minimum absolute atomic E-state index is 0.168. The lowest BCUT2D eigenvalue weighted by atomic mass is 10.0. The van der Waals surface area contributed by atoms with Crippen LogP contribution in [0.1, 0.15) is 101 Å². The molecule has 0 N–H and O–H groups in total. The SMILES string of the molecule is CCCCCCCCCCCCC[C@H]1OC(=O)C[C@@H]1OC(=O)c1ccccc1. The maximum absolute atomic E-state index is 12.2. The van der Waals surface area contributed by atoms with Gasteiger partial charge in [-0.25, -0.2) is 4.79 Å². The number of cyclic esters (lactones) is 1. The van der Waals surface area contributed by atoms with Gasteiger partial charge >= 0.3 is 11.9 Å². The van der Waals surface area contributed by atoms with Crippen LogP contribution in [0.25, 0.3) is 0 Å². The van der Waals surface area contributed by atoms with E-state index in [1.54, 1.807) is 24.3 Å². The molecule has 4 nitrogen and oxygen atoms in total. The summed E-state index contributed by atoms with van der Waals surface area (Å²) in [5.74, 6) is -0.647. The first-order chi connectivity index (χ1) is 13.7. The van der Waals surface area contributed by atoms with Gasteiger partial charge in [0.05, 0.1) is 12.0 Å². The molecule has 0 amide bonds. The standard InChI is InChI=1S/C24H36O4/c1-2-3-4-5-6-7-8-9-10-11-15-18-21-22(19-23(25)27-21)28-24(26)20-16-13-12-14-17-20/h12-14,16-17,21-22H,2-11,15,18-19H2,1H3/t21-,22+/m1/s1. The topological polar surface area (TPSA) is 52.6 Å². The van der Waals surface area contributed by atoms with Crippen molar-refractivity contribution in [2.24, 2.45) is 0 Å². The van der Waals surface area contributed by atoms with Crippen molar-refractivity contribution in [3.05, 3.63) is 35.9 Å². The average molecular weight is 389 g/mol. The van der Waals surface area contributed by atoms with E-state index in [1.807, 2.05) is 6.07 Å². The zero-order valence-electron chi connectivity index (χ0n) is 17.4. The van der Waals surface area contributed by atoms with Gasteiger partial charge in [0, 0.05) is 0 Å². The van der Waals surface area contributed by atoms with Gasteiger partial charge in [-0.05, 0) is 25.0 Å². The van der Waals surface area contributed by atoms with Gasteiger partial charge in [-0.2, -0.15) is 0 Å². The molecular formula is C24H36O4. The summed E-state index contributed by atoms with van der Waals surface area (Å²) in [4.78, 5) is 23.9. The Hall–Kier alpha value is -1.84. The third-order valence-electron chi connectivity index (χ3n) is 5.43. The minimum atomic E-state index is -0.455. The Kier molecular flexibility index (Phi) is 10.7. The van der Waals surface area contributed by atoms with Gasteiger partial charge in [-0.1, -0.05) is 89.3 Å². The van der Waals surface area contributed by atoms with Crippen LogP contribution in [-0.4, -0.2) is 24.1 Å². The molecule has 0 saturated carbocycles. The van der Waals surface area contributed by atoms with Crippen LogP contribution in [0.2, 0.25) is 0 Å². The van der Waals surface area contributed by atoms with Crippen LogP contribution in [0, 0.1) is 0 Å². The lowest BCUT2D eigenvalue weighted by Crippen LogP contribution is -2.27. The molecule has 156 valence electrons.